The van der Waals surface area contributed by atoms with E-state index in [1.165, 1.54) is 5.69 Å². The monoisotopic (exact) mass is 349 g/mol. The number of rotatable bonds is 2. The van der Waals surface area contributed by atoms with Crippen LogP contribution in [-0.4, -0.2) is 60.4 Å². The minimum atomic E-state index is 0.435. The molecule has 2 saturated heterocycles. The van der Waals surface area contributed by atoms with E-state index in [1.54, 1.807) is 6.20 Å². The predicted octanol–water partition coefficient (Wildman–Crippen LogP) is 1.68. The number of quaternary nitrogens is 1. The Hall–Kier alpha value is -2.53. The Morgan fingerprint density at radius 3 is 2.92 bits per heavy atom. The molecule has 2 aliphatic heterocycles. The Kier molecular flexibility index (Phi) is 3.64. The van der Waals surface area contributed by atoms with Gasteiger partial charge in [0.05, 0.1) is 30.3 Å². The van der Waals surface area contributed by atoms with Crippen molar-refractivity contribution in [3.05, 3.63) is 30.2 Å². The van der Waals surface area contributed by atoms with Gasteiger partial charge in [-0.15, -0.1) is 0 Å². The second-order valence-electron chi connectivity index (χ2n) is 7.15. The Morgan fingerprint density at radius 2 is 2.15 bits per heavy atom. The van der Waals surface area contributed by atoms with Gasteiger partial charge >= 0.3 is 0 Å². The summed E-state index contributed by atoms with van der Waals surface area (Å²) in [7, 11) is 0. The van der Waals surface area contributed by atoms with Gasteiger partial charge in [0.1, 0.15) is 42.2 Å². The van der Waals surface area contributed by atoms with E-state index in [1.807, 2.05) is 12.3 Å². The lowest BCUT2D eigenvalue weighted by atomic mass is 10.0. The summed E-state index contributed by atoms with van der Waals surface area (Å²) >= 11 is 0. The number of ether oxygens (including phenoxy) is 1. The van der Waals surface area contributed by atoms with Crippen molar-refractivity contribution >= 4 is 27.6 Å². The Labute approximate surface area is 151 Å². The standard InChI is InChI=1S/C19H21N6O/c20-10-13-9-15-16(12-23-13)24-19-18(15)17(2-4-22-19)25(5-7-26-8-6-25)14-1-3-21-11-14/h2,4,9,12,14,21H,1,3,5-8,11H2,(H,22,24)/q+1. The molecule has 2 aliphatic rings. The number of nitrogens with one attached hydrogen (secondary N) is 2. The molecule has 0 aliphatic carbocycles. The van der Waals surface area contributed by atoms with Crippen LogP contribution in [-0.2, 0) is 4.74 Å². The minimum Gasteiger partial charge on any atom is -0.370 e. The van der Waals surface area contributed by atoms with Crippen LogP contribution in [0.3, 0.4) is 0 Å². The van der Waals surface area contributed by atoms with Crippen LogP contribution >= 0.6 is 0 Å². The summed E-state index contributed by atoms with van der Waals surface area (Å²) in [5.74, 6) is 0. The van der Waals surface area contributed by atoms with Crippen LogP contribution < -0.4 is 9.80 Å². The van der Waals surface area contributed by atoms with Crippen LogP contribution in [0.4, 0.5) is 5.69 Å². The summed E-state index contributed by atoms with van der Waals surface area (Å²) in [6.07, 6.45) is 4.79. The van der Waals surface area contributed by atoms with Crippen molar-refractivity contribution in [1.29, 1.82) is 5.26 Å². The lowest BCUT2D eigenvalue weighted by Crippen LogP contribution is -2.63. The topological polar surface area (TPSA) is 86.6 Å². The summed E-state index contributed by atoms with van der Waals surface area (Å²) in [6, 6.07) is 6.73. The van der Waals surface area contributed by atoms with Crippen molar-refractivity contribution in [1.82, 2.24) is 24.8 Å². The molecule has 7 nitrogen and oxygen atoms in total. The summed E-state index contributed by atoms with van der Waals surface area (Å²) < 4.78 is 6.63. The van der Waals surface area contributed by atoms with E-state index < -0.39 is 0 Å². The van der Waals surface area contributed by atoms with Crippen molar-refractivity contribution in [3.63, 3.8) is 0 Å². The Morgan fingerprint density at radius 1 is 1.27 bits per heavy atom. The maximum absolute atomic E-state index is 9.28. The van der Waals surface area contributed by atoms with Gasteiger partial charge in [0.25, 0.3) is 0 Å². The first-order valence-electron chi connectivity index (χ1n) is 9.14. The van der Waals surface area contributed by atoms with Gasteiger partial charge in [0.2, 0.25) is 0 Å². The molecule has 3 aromatic heterocycles. The fourth-order valence-electron chi connectivity index (χ4n) is 4.67. The lowest BCUT2D eigenvalue weighted by molar-refractivity contribution is 0.0247. The van der Waals surface area contributed by atoms with E-state index >= 15 is 0 Å². The zero-order valence-electron chi connectivity index (χ0n) is 14.5. The molecule has 2 N–H and O–H groups in total. The van der Waals surface area contributed by atoms with Crippen molar-refractivity contribution in [2.45, 2.75) is 12.5 Å². The normalized spacial score (nSPS) is 22.7. The number of hydrogen-bond donors (Lipinski definition) is 2. The molecular formula is C19H21N6O+. The third kappa shape index (κ3) is 2.23. The van der Waals surface area contributed by atoms with E-state index in [2.05, 4.69) is 32.4 Å². The lowest BCUT2D eigenvalue weighted by Gasteiger charge is -2.45. The first-order valence-corrected chi connectivity index (χ1v) is 9.14. The van der Waals surface area contributed by atoms with Crippen LogP contribution in [0.25, 0.3) is 21.9 Å². The molecule has 0 amide bonds. The molecule has 5 rings (SSSR count). The number of aromatic amines is 1. The summed E-state index contributed by atoms with van der Waals surface area (Å²) in [5, 5.41) is 15.0. The fourth-order valence-corrected chi connectivity index (χ4v) is 4.67. The van der Waals surface area contributed by atoms with E-state index in [-0.39, 0.29) is 0 Å². The fraction of sp³-hybridized carbons (Fsp3) is 0.421. The second-order valence-corrected chi connectivity index (χ2v) is 7.15. The summed E-state index contributed by atoms with van der Waals surface area (Å²) in [5.41, 5.74) is 3.51. The molecule has 7 heteroatoms. The van der Waals surface area contributed by atoms with Gasteiger partial charge in [-0.1, -0.05) is 0 Å². The zero-order chi connectivity index (χ0) is 17.6. The molecule has 0 aromatic carbocycles. The summed E-state index contributed by atoms with van der Waals surface area (Å²) in [6.45, 7) is 5.57. The molecule has 132 valence electrons. The quantitative estimate of drug-likeness (QED) is 0.688. The maximum Gasteiger partial charge on any atom is 0.146 e. The van der Waals surface area contributed by atoms with Gasteiger partial charge in [-0.3, -0.25) is 4.48 Å². The van der Waals surface area contributed by atoms with Crippen molar-refractivity contribution in [2.75, 3.05) is 39.4 Å². The van der Waals surface area contributed by atoms with Crippen LogP contribution in [0.1, 0.15) is 12.1 Å². The van der Waals surface area contributed by atoms with Crippen molar-refractivity contribution in [2.24, 2.45) is 0 Å². The van der Waals surface area contributed by atoms with Gasteiger partial charge in [0, 0.05) is 37.2 Å². The molecule has 0 saturated carbocycles. The van der Waals surface area contributed by atoms with E-state index in [9.17, 15) is 5.26 Å². The third-order valence-electron chi connectivity index (χ3n) is 5.95. The number of nitrogens with zero attached hydrogens (tertiary/aromatic N) is 4. The highest BCUT2D eigenvalue weighted by Crippen LogP contribution is 2.39. The van der Waals surface area contributed by atoms with Gasteiger partial charge in [-0.05, 0) is 6.07 Å². The van der Waals surface area contributed by atoms with Crippen LogP contribution in [0.2, 0.25) is 0 Å². The number of hydrogen-bond acceptors (Lipinski definition) is 5. The maximum atomic E-state index is 9.28. The van der Waals surface area contributed by atoms with Crippen LogP contribution in [0.15, 0.2) is 24.5 Å². The Bertz CT molecular complexity index is 1010. The molecule has 1 atom stereocenters. The van der Waals surface area contributed by atoms with E-state index in [4.69, 9.17) is 4.74 Å². The van der Waals surface area contributed by atoms with Crippen molar-refractivity contribution in [3.8, 4) is 6.07 Å². The van der Waals surface area contributed by atoms with Gasteiger partial charge in [-0.25, -0.2) is 9.97 Å². The highest BCUT2D eigenvalue weighted by Gasteiger charge is 2.43. The highest BCUT2D eigenvalue weighted by molar-refractivity contribution is 6.11. The number of H-pyrrole nitrogens is 1. The number of fused-ring (bicyclic) bond motifs is 3. The molecule has 26 heavy (non-hydrogen) atoms. The summed E-state index contributed by atoms with van der Waals surface area (Å²) in [4.78, 5) is 12.1. The molecule has 0 bridgehead atoms. The SMILES string of the molecule is N#Cc1cc2c(cn1)[nH]c1nccc([N+]3(C4CCNC4)CCOCC3)c12. The van der Waals surface area contributed by atoms with E-state index in [0.29, 0.717) is 11.7 Å². The smallest absolute Gasteiger partial charge is 0.146 e. The van der Waals surface area contributed by atoms with Gasteiger partial charge in [-0.2, -0.15) is 5.26 Å². The van der Waals surface area contributed by atoms with Gasteiger partial charge < -0.3 is 15.0 Å². The molecule has 1 unspecified atom stereocenters. The van der Waals surface area contributed by atoms with Crippen molar-refractivity contribution < 1.29 is 4.74 Å². The largest absolute Gasteiger partial charge is 0.370 e. The predicted molar refractivity (Wildman–Crippen MR) is 99.7 cm³/mol. The molecule has 0 radical (unpaired) electrons. The zero-order valence-corrected chi connectivity index (χ0v) is 14.5. The second kappa shape index (κ2) is 6.02. The molecule has 5 heterocycles. The van der Waals surface area contributed by atoms with Crippen LogP contribution in [0, 0.1) is 11.3 Å². The number of pyridine rings is 2. The van der Waals surface area contributed by atoms with Crippen LogP contribution in [0.5, 0.6) is 0 Å². The minimum absolute atomic E-state index is 0.435. The Balaban J connectivity index is 1.80. The number of aromatic nitrogens is 3. The van der Waals surface area contributed by atoms with Gasteiger partial charge in [0.15, 0.2) is 0 Å². The molecule has 0 spiro atoms. The molecular weight excluding hydrogens is 328 g/mol. The first kappa shape index (κ1) is 15.7. The number of nitriles is 1. The molecule has 3 aromatic rings. The average Bonchev–Trinajstić information content (AvgIpc) is 3.36. The third-order valence-corrected chi connectivity index (χ3v) is 5.95. The first-order chi connectivity index (χ1) is 12.8. The molecule has 2 fully saturated rings. The van der Waals surface area contributed by atoms with E-state index in [0.717, 1.165) is 72.2 Å². The average molecular weight is 349 g/mol. The highest BCUT2D eigenvalue weighted by atomic mass is 16.5. The number of morpholine rings is 1.